The van der Waals surface area contributed by atoms with E-state index in [2.05, 4.69) is 21.8 Å². The van der Waals surface area contributed by atoms with E-state index in [-0.39, 0.29) is 6.42 Å². The van der Waals surface area contributed by atoms with Crippen molar-refractivity contribution in [3.05, 3.63) is 28.4 Å². The van der Waals surface area contributed by atoms with E-state index in [0.717, 1.165) is 0 Å². The molecule has 12 heavy (non-hydrogen) atoms. The Labute approximate surface area is 68.7 Å². The first kappa shape index (κ1) is 8.21. The predicted octanol–water partition coefficient (Wildman–Crippen LogP) is -0.290. The van der Waals surface area contributed by atoms with Crippen molar-refractivity contribution < 1.29 is 4.79 Å². The lowest BCUT2D eigenvalue weighted by Gasteiger charge is -1.84. The van der Waals surface area contributed by atoms with Crippen molar-refractivity contribution >= 4 is 6.29 Å². The zero-order valence-corrected chi connectivity index (χ0v) is 6.20. The fraction of sp³-hybridized carbons (Fsp3) is 0.125. The van der Waals surface area contributed by atoms with Crippen molar-refractivity contribution in [2.24, 2.45) is 0 Å². The smallest absolute Gasteiger partial charge is 0.311 e. The zero-order chi connectivity index (χ0) is 8.81. The van der Waals surface area contributed by atoms with Gasteiger partial charge in [0.05, 0.1) is 12.0 Å². The second-order valence-electron chi connectivity index (χ2n) is 1.98. The van der Waals surface area contributed by atoms with Crippen LogP contribution in [-0.4, -0.2) is 16.3 Å². The first-order valence-corrected chi connectivity index (χ1v) is 3.30. The van der Waals surface area contributed by atoms with Crippen molar-refractivity contribution in [3.8, 4) is 11.8 Å². The highest BCUT2D eigenvalue weighted by molar-refractivity contribution is 5.54. The number of aldehydes is 1. The molecule has 0 aliphatic heterocycles. The number of rotatable bonds is 1. The third kappa shape index (κ3) is 2.39. The van der Waals surface area contributed by atoms with Gasteiger partial charge < -0.3 is 9.78 Å². The van der Waals surface area contributed by atoms with Gasteiger partial charge in [0.25, 0.3) is 0 Å². The Morgan fingerprint density at radius 3 is 3.08 bits per heavy atom. The number of hydrogen-bond donors (Lipinski definition) is 1. The molecule has 60 valence electrons. The molecular formula is C8H6N2O2. The van der Waals surface area contributed by atoms with Crippen LogP contribution in [0.3, 0.4) is 0 Å². The number of carbonyl (C=O) groups is 1. The van der Waals surface area contributed by atoms with Gasteiger partial charge in [-0.2, -0.15) is 0 Å². The molecule has 0 saturated carbocycles. The second-order valence-corrected chi connectivity index (χ2v) is 1.98. The zero-order valence-electron chi connectivity index (χ0n) is 6.20. The summed E-state index contributed by atoms with van der Waals surface area (Å²) >= 11 is 0. The van der Waals surface area contributed by atoms with E-state index >= 15 is 0 Å². The Balaban J connectivity index is 2.79. The average Bonchev–Trinajstić information content (AvgIpc) is 2.09. The van der Waals surface area contributed by atoms with Crippen LogP contribution < -0.4 is 5.69 Å². The van der Waals surface area contributed by atoms with E-state index in [1.54, 1.807) is 0 Å². The van der Waals surface area contributed by atoms with Gasteiger partial charge >= 0.3 is 5.69 Å². The molecule has 0 aliphatic rings. The van der Waals surface area contributed by atoms with Gasteiger partial charge in [-0.1, -0.05) is 11.8 Å². The van der Waals surface area contributed by atoms with Crippen molar-refractivity contribution in [2.75, 3.05) is 0 Å². The van der Waals surface area contributed by atoms with Crippen LogP contribution in [-0.2, 0) is 4.79 Å². The van der Waals surface area contributed by atoms with E-state index in [9.17, 15) is 9.59 Å². The van der Waals surface area contributed by atoms with Gasteiger partial charge in [-0.15, -0.1) is 0 Å². The monoisotopic (exact) mass is 162 g/mol. The molecule has 0 aromatic carbocycles. The first-order valence-electron chi connectivity index (χ1n) is 3.30. The molecule has 0 atom stereocenters. The SMILES string of the molecule is O=CCC#Cc1cnc(=O)[nH]c1. The molecule has 0 aliphatic carbocycles. The van der Waals surface area contributed by atoms with Crippen molar-refractivity contribution in [2.45, 2.75) is 6.42 Å². The molecule has 1 rings (SSSR count). The molecular weight excluding hydrogens is 156 g/mol. The molecule has 1 aromatic heterocycles. The lowest BCUT2D eigenvalue weighted by atomic mass is 10.3. The van der Waals surface area contributed by atoms with E-state index < -0.39 is 5.69 Å². The van der Waals surface area contributed by atoms with Gasteiger partial charge in [0.2, 0.25) is 0 Å². The van der Waals surface area contributed by atoms with Crippen molar-refractivity contribution in [1.82, 2.24) is 9.97 Å². The Morgan fingerprint density at radius 2 is 2.50 bits per heavy atom. The highest BCUT2D eigenvalue weighted by atomic mass is 16.1. The summed E-state index contributed by atoms with van der Waals surface area (Å²) in [7, 11) is 0. The molecule has 4 heteroatoms. The minimum absolute atomic E-state index is 0.194. The van der Waals surface area contributed by atoms with Gasteiger partial charge in [-0.05, 0) is 0 Å². The largest absolute Gasteiger partial charge is 0.344 e. The summed E-state index contributed by atoms with van der Waals surface area (Å²) in [5.74, 6) is 5.25. The van der Waals surface area contributed by atoms with Crippen LogP contribution in [0.5, 0.6) is 0 Å². The maximum absolute atomic E-state index is 10.5. The molecule has 0 radical (unpaired) electrons. The molecule has 0 saturated heterocycles. The van der Waals surface area contributed by atoms with Crippen LogP contribution in [0.25, 0.3) is 0 Å². The van der Waals surface area contributed by atoms with Gasteiger partial charge in [-0.25, -0.2) is 9.78 Å². The number of carbonyl (C=O) groups excluding carboxylic acids is 1. The summed E-state index contributed by atoms with van der Waals surface area (Å²) in [5.41, 5.74) is 0.187. The minimum atomic E-state index is -0.407. The number of aromatic amines is 1. The summed E-state index contributed by atoms with van der Waals surface area (Å²) in [4.78, 5) is 26.2. The maximum Gasteiger partial charge on any atom is 0.344 e. The summed E-state index contributed by atoms with van der Waals surface area (Å²) in [5, 5.41) is 0. The van der Waals surface area contributed by atoms with Crippen LogP contribution in [0, 0.1) is 11.8 Å². The maximum atomic E-state index is 10.5. The molecule has 0 spiro atoms. The molecule has 0 fully saturated rings. The fourth-order valence-electron chi connectivity index (χ4n) is 0.605. The van der Waals surface area contributed by atoms with Crippen LogP contribution in [0.15, 0.2) is 17.2 Å². The molecule has 1 N–H and O–H groups in total. The molecule has 0 amide bonds. The third-order valence-corrected chi connectivity index (χ3v) is 1.09. The highest BCUT2D eigenvalue weighted by Crippen LogP contribution is 1.85. The Bertz CT molecular complexity index is 364. The summed E-state index contributed by atoms with van der Waals surface area (Å²) in [6, 6.07) is 0. The summed E-state index contributed by atoms with van der Waals surface area (Å²) in [6.45, 7) is 0. The number of nitrogens with one attached hydrogen (secondary N) is 1. The lowest BCUT2D eigenvalue weighted by molar-refractivity contribution is -0.107. The van der Waals surface area contributed by atoms with Crippen LogP contribution in [0.4, 0.5) is 0 Å². The van der Waals surface area contributed by atoms with Gasteiger partial charge in [0, 0.05) is 12.4 Å². The molecule has 4 nitrogen and oxygen atoms in total. The molecule has 1 heterocycles. The van der Waals surface area contributed by atoms with Crippen LogP contribution in [0.1, 0.15) is 12.0 Å². The Hall–Kier alpha value is -1.89. The minimum Gasteiger partial charge on any atom is -0.311 e. The molecule has 1 aromatic rings. The van der Waals surface area contributed by atoms with E-state index in [4.69, 9.17) is 0 Å². The third-order valence-electron chi connectivity index (χ3n) is 1.09. The first-order chi connectivity index (χ1) is 5.83. The summed E-state index contributed by atoms with van der Waals surface area (Å²) in [6.07, 6.45) is 3.72. The normalized spacial score (nSPS) is 8.33. The predicted molar refractivity (Wildman–Crippen MR) is 42.4 cm³/mol. The van der Waals surface area contributed by atoms with Gasteiger partial charge in [0.15, 0.2) is 0 Å². The summed E-state index contributed by atoms with van der Waals surface area (Å²) < 4.78 is 0. The molecule has 0 bridgehead atoms. The topological polar surface area (TPSA) is 62.8 Å². The number of H-pyrrole nitrogens is 1. The Kier molecular flexibility index (Phi) is 2.79. The molecule has 0 unspecified atom stereocenters. The standard InChI is InChI=1S/C8H6N2O2/c11-4-2-1-3-7-5-9-8(12)10-6-7/h4-6H,2H2,(H,9,10,12). The number of aromatic nitrogens is 2. The number of hydrogen-bond acceptors (Lipinski definition) is 3. The second kappa shape index (κ2) is 4.09. The highest BCUT2D eigenvalue weighted by Gasteiger charge is 1.85. The van der Waals surface area contributed by atoms with E-state index in [1.807, 2.05) is 0 Å². The van der Waals surface area contributed by atoms with Crippen LogP contribution >= 0.6 is 0 Å². The van der Waals surface area contributed by atoms with Gasteiger partial charge in [-0.3, -0.25) is 0 Å². The fourth-order valence-corrected chi connectivity index (χ4v) is 0.605. The average molecular weight is 162 g/mol. The number of nitrogens with zero attached hydrogens (tertiary/aromatic N) is 1. The van der Waals surface area contributed by atoms with Crippen LogP contribution in [0.2, 0.25) is 0 Å². The Morgan fingerprint density at radius 1 is 1.67 bits per heavy atom. The quantitative estimate of drug-likeness (QED) is 0.456. The lowest BCUT2D eigenvalue weighted by Crippen LogP contribution is -2.07. The van der Waals surface area contributed by atoms with Crippen molar-refractivity contribution in [1.29, 1.82) is 0 Å². The van der Waals surface area contributed by atoms with Gasteiger partial charge in [0.1, 0.15) is 6.29 Å². The van der Waals surface area contributed by atoms with E-state index in [0.29, 0.717) is 11.8 Å². The van der Waals surface area contributed by atoms with Crippen molar-refractivity contribution in [3.63, 3.8) is 0 Å². The van der Waals surface area contributed by atoms with E-state index in [1.165, 1.54) is 12.4 Å².